The van der Waals surface area contributed by atoms with Gasteiger partial charge < -0.3 is 9.47 Å². The molecule has 0 bridgehead atoms. The normalized spacial score (nSPS) is 10.5. The van der Waals surface area contributed by atoms with E-state index in [0.717, 1.165) is 28.5 Å². The number of aromatic nitrogens is 2. The molecule has 0 amide bonds. The summed E-state index contributed by atoms with van der Waals surface area (Å²) in [5, 5.41) is 0. The molecule has 5 aromatic rings. The minimum atomic E-state index is 0. The predicted octanol–water partition coefficient (Wildman–Crippen LogP) is 7.42. The molecular formula is C29H24IrN3-. The van der Waals surface area contributed by atoms with E-state index < -0.39 is 0 Å². The number of para-hydroxylation sites is 3. The van der Waals surface area contributed by atoms with E-state index in [1.54, 1.807) is 0 Å². The van der Waals surface area contributed by atoms with E-state index in [0.29, 0.717) is 0 Å². The topological polar surface area (TPSA) is 21.1 Å². The van der Waals surface area contributed by atoms with Crippen LogP contribution in [0, 0.1) is 19.9 Å². The SMILES string of the molecule is Cc1cccc(C)c1-n1ccnc1-c1[c-]ccc(N(c2ccccc2)c2ccccc2)c1.[Ir]. The van der Waals surface area contributed by atoms with Gasteiger partial charge in [0.1, 0.15) is 0 Å². The van der Waals surface area contributed by atoms with Gasteiger partial charge in [-0.2, -0.15) is 0 Å². The van der Waals surface area contributed by atoms with Crippen molar-refractivity contribution in [2.24, 2.45) is 0 Å². The Balaban J connectivity index is 0.00000259. The van der Waals surface area contributed by atoms with Gasteiger partial charge in [-0.05, 0) is 54.9 Å². The van der Waals surface area contributed by atoms with Gasteiger partial charge >= 0.3 is 0 Å². The fraction of sp³-hybridized carbons (Fsp3) is 0.0690. The first-order valence-corrected chi connectivity index (χ1v) is 10.7. The summed E-state index contributed by atoms with van der Waals surface area (Å²) in [6.07, 6.45) is 3.88. The molecule has 0 aliphatic heterocycles. The van der Waals surface area contributed by atoms with Crippen LogP contribution in [0.25, 0.3) is 17.1 Å². The smallest absolute Gasteiger partial charge is 0.0603 e. The molecule has 5 rings (SSSR count). The van der Waals surface area contributed by atoms with Crippen LogP contribution in [0.5, 0.6) is 0 Å². The zero-order valence-electron chi connectivity index (χ0n) is 18.6. The van der Waals surface area contributed by atoms with Crippen molar-refractivity contribution in [3.63, 3.8) is 0 Å². The summed E-state index contributed by atoms with van der Waals surface area (Å²) in [7, 11) is 0. The molecule has 1 heterocycles. The maximum absolute atomic E-state index is 4.70. The minimum Gasteiger partial charge on any atom is -0.340 e. The van der Waals surface area contributed by atoms with Crippen molar-refractivity contribution in [3.05, 3.63) is 127 Å². The molecule has 4 heteroatoms. The molecule has 0 saturated heterocycles. The second-order valence-corrected chi connectivity index (χ2v) is 7.83. The van der Waals surface area contributed by atoms with Crippen LogP contribution < -0.4 is 4.90 Å². The van der Waals surface area contributed by atoms with Gasteiger partial charge in [0, 0.05) is 49.6 Å². The molecule has 0 aliphatic rings. The summed E-state index contributed by atoms with van der Waals surface area (Å²) in [5.41, 5.74) is 7.83. The molecule has 4 aromatic carbocycles. The molecule has 0 saturated carbocycles. The van der Waals surface area contributed by atoms with Gasteiger partial charge in [-0.15, -0.1) is 29.8 Å². The number of anilines is 3. The van der Waals surface area contributed by atoms with Crippen molar-refractivity contribution in [1.82, 2.24) is 9.55 Å². The number of hydrogen-bond acceptors (Lipinski definition) is 2. The van der Waals surface area contributed by atoms with E-state index in [1.807, 2.05) is 30.6 Å². The molecule has 1 radical (unpaired) electrons. The molecule has 3 nitrogen and oxygen atoms in total. The maximum atomic E-state index is 4.70. The van der Waals surface area contributed by atoms with E-state index in [2.05, 4.69) is 108 Å². The molecular weight excluding hydrogens is 583 g/mol. The molecule has 0 N–H and O–H groups in total. The number of imidazole rings is 1. The molecule has 0 spiro atoms. The van der Waals surface area contributed by atoms with Crippen LogP contribution in [0.4, 0.5) is 17.1 Å². The number of rotatable bonds is 5. The Hall–Kier alpha value is -3.46. The average molecular weight is 607 g/mol. The monoisotopic (exact) mass is 607 g/mol. The van der Waals surface area contributed by atoms with E-state index >= 15 is 0 Å². The van der Waals surface area contributed by atoms with Gasteiger partial charge in [-0.1, -0.05) is 54.6 Å². The van der Waals surface area contributed by atoms with Crippen LogP contribution in [0.15, 0.2) is 109 Å². The van der Waals surface area contributed by atoms with E-state index in [9.17, 15) is 0 Å². The number of hydrogen-bond donors (Lipinski definition) is 0. The molecule has 165 valence electrons. The molecule has 0 fully saturated rings. The third-order valence-electron chi connectivity index (χ3n) is 5.63. The second-order valence-electron chi connectivity index (χ2n) is 7.83. The second kappa shape index (κ2) is 9.99. The molecule has 1 aromatic heterocycles. The summed E-state index contributed by atoms with van der Waals surface area (Å²) in [5.74, 6) is 0.880. The first kappa shape index (κ1) is 22.7. The summed E-state index contributed by atoms with van der Waals surface area (Å²) in [6.45, 7) is 4.28. The fourth-order valence-electron chi connectivity index (χ4n) is 4.19. The molecule has 33 heavy (non-hydrogen) atoms. The minimum absolute atomic E-state index is 0. The van der Waals surface area contributed by atoms with Crippen LogP contribution in [-0.4, -0.2) is 9.55 Å². The summed E-state index contributed by atoms with van der Waals surface area (Å²) in [4.78, 5) is 6.96. The third kappa shape index (κ3) is 4.54. The van der Waals surface area contributed by atoms with Crippen molar-refractivity contribution in [1.29, 1.82) is 0 Å². The van der Waals surface area contributed by atoms with Crippen LogP contribution in [0.1, 0.15) is 11.1 Å². The zero-order valence-corrected chi connectivity index (χ0v) is 21.0. The van der Waals surface area contributed by atoms with Crippen LogP contribution >= 0.6 is 0 Å². The van der Waals surface area contributed by atoms with Gasteiger partial charge in [0.15, 0.2) is 0 Å². The first-order chi connectivity index (χ1) is 15.7. The van der Waals surface area contributed by atoms with Crippen LogP contribution in [0.3, 0.4) is 0 Å². The van der Waals surface area contributed by atoms with Crippen molar-refractivity contribution < 1.29 is 20.1 Å². The largest absolute Gasteiger partial charge is 0.340 e. The number of nitrogens with zero attached hydrogens (tertiary/aromatic N) is 3. The molecule has 0 atom stereocenters. The Bertz CT molecular complexity index is 1280. The van der Waals surface area contributed by atoms with E-state index in [4.69, 9.17) is 4.98 Å². The number of aryl methyl sites for hydroxylation is 2. The molecule has 0 aliphatic carbocycles. The summed E-state index contributed by atoms with van der Waals surface area (Å²) in [6, 6.07) is 36.8. The third-order valence-corrected chi connectivity index (χ3v) is 5.63. The summed E-state index contributed by atoms with van der Waals surface area (Å²) < 4.78 is 2.16. The Labute approximate surface area is 208 Å². The van der Waals surface area contributed by atoms with Crippen LogP contribution in [-0.2, 0) is 20.1 Å². The van der Waals surface area contributed by atoms with E-state index in [-0.39, 0.29) is 20.1 Å². The van der Waals surface area contributed by atoms with Crippen molar-refractivity contribution in [2.75, 3.05) is 4.90 Å². The van der Waals surface area contributed by atoms with Gasteiger partial charge in [0.05, 0.1) is 5.82 Å². The quantitative estimate of drug-likeness (QED) is 0.194. The Kier molecular flexibility index (Phi) is 6.88. The van der Waals surface area contributed by atoms with Crippen LogP contribution in [0.2, 0.25) is 0 Å². The van der Waals surface area contributed by atoms with Crippen molar-refractivity contribution in [3.8, 4) is 17.1 Å². The Morgan fingerprint density at radius 3 is 1.94 bits per heavy atom. The zero-order chi connectivity index (χ0) is 21.9. The standard InChI is InChI=1S/C29H24N3.Ir/c1-22-11-9-12-23(2)28(22)31-20-19-30-29(31)24-13-10-18-27(21-24)32(25-14-5-3-6-15-25)26-16-7-4-8-17-26;/h3-12,14-21H,1-2H3;/q-1;. The Morgan fingerprint density at radius 1 is 0.727 bits per heavy atom. The maximum Gasteiger partial charge on any atom is 0.0603 e. The van der Waals surface area contributed by atoms with Gasteiger partial charge in [-0.3, -0.25) is 4.98 Å². The average Bonchev–Trinajstić information content (AvgIpc) is 3.30. The fourth-order valence-corrected chi connectivity index (χ4v) is 4.19. The van der Waals surface area contributed by atoms with Crippen molar-refractivity contribution in [2.45, 2.75) is 13.8 Å². The van der Waals surface area contributed by atoms with Gasteiger partial charge in [0.2, 0.25) is 0 Å². The Morgan fingerprint density at radius 2 is 1.33 bits per heavy atom. The van der Waals surface area contributed by atoms with E-state index in [1.165, 1.54) is 16.8 Å². The van der Waals surface area contributed by atoms with Crippen molar-refractivity contribution >= 4 is 17.1 Å². The number of benzene rings is 4. The molecule has 0 unspecified atom stereocenters. The predicted molar refractivity (Wildman–Crippen MR) is 132 cm³/mol. The van der Waals surface area contributed by atoms with Gasteiger partial charge in [0.25, 0.3) is 0 Å². The van der Waals surface area contributed by atoms with Gasteiger partial charge in [-0.25, -0.2) is 0 Å². The summed E-state index contributed by atoms with van der Waals surface area (Å²) >= 11 is 0. The first-order valence-electron chi connectivity index (χ1n) is 10.7.